The molecule has 24 heavy (non-hydrogen) atoms. The van der Waals surface area contributed by atoms with Crippen molar-refractivity contribution in [1.29, 1.82) is 0 Å². The van der Waals surface area contributed by atoms with E-state index in [1.807, 2.05) is 0 Å². The maximum atomic E-state index is 12.3. The second kappa shape index (κ2) is 7.29. The van der Waals surface area contributed by atoms with E-state index in [4.69, 9.17) is 5.11 Å². The number of hydrogen-bond donors (Lipinski definition) is 1. The Hall–Kier alpha value is -3.33. The van der Waals surface area contributed by atoms with Crippen molar-refractivity contribution >= 4 is 35.5 Å². The zero-order valence-corrected chi connectivity index (χ0v) is 12.6. The average molecular weight is 353 g/mol. The quantitative estimate of drug-likeness (QED) is 0.495. The van der Waals surface area contributed by atoms with Gasteiger partial charge in [-0.1, -0.05) is 30.3 Å². The Morgan fingerprint density at radius 1 is 0.917 bits per heavy atom. The van der Waals surface area contributed by atoms with E-state index in [0.29, 0.717) is 6.07 Å². The van der Waals surface area contributed by atoms with Crippen LogP contribution in [0.3, 0.4) is 0 Å². The minimum absolute atomic E-state index is 0. The number of nitro benzene ring substituents is 2. The van der Waals surface area contributed by atoms with Gasteiger partial charge in [0, 0.05) is 17.2 Å². The molecular formula is C14H9ClN2O7. The summed E-state index contributed by atoms with van der Waals surface area (Å²) in [6.07, 6.45) is 0. The molecule has 2 rings (SSSR count). The molecule has 1 N–H and O–H groups in total. The maximum absolute atomic E-state index is 12.3. The third-order valence-electron chi connectivity index (χ3n) is 3.00. The monoisotopic (exact) mass is 352 g/mol. The van der Waals surface area contributed by atoms with Crippen LogP contribution in [0.2, 0.25) is 0 Å². The average Bonchev–Trinajstić information content (AvgIpc) is 2.53. The molecule has 0 heterocycles. The molecule has 9 nitrogen and oxygen atoms in total. The summed E-state index contributed by atoms with van der Waals surface area (Å²) in [6, 6.07) is 9.13. The topological polar surface area (TPSA) is 141 Å². The van der Waals surface area contributed by atoms with Gasteiger partial charge < -0.3 is 5.11 Å². The number of carbonyl (C=O) groups excluding carboxylic acids is 1. The molecule has 0 aromatic heterocycles. The molecule has 2 aromatic carbocycles. The van der Waals surface area contributed by atoms with E-state index in [2.05, 4.69) is 0 Å². The first kappa shape index (κ1) is 18.7. The number of rotatable bonds is 5. The lowest BCUT2D eigenvalue weighted by Crippen LogP contribution is -2.10. The molecule has 0 aliphatic carbocycles. The minimum Gasteiger partial charge on any atom is -0.477 e. The molecule has 0 saturated carbocycles. The molecule has 0 radical (unpaired) electrons. The molecule has 0 bridgehead atoms. The van der Waals surface area contributed by atoms with E-state index in [-0.39, 0.29) is 23.5 Å². The van der Waals surface area contributed by atoms with Crippen LogP contribution >= 0.6 is 12.4 Å². The molecule has 0 aliphatic rings. The van der Waals surface area contributed by atoms with Crippen molar-refractivity contribution in [3.05, 3.63) is 79.4 Å². The van der Waals surface area contributed by atoms with Crippen molar-refractivity contribution in [1.82, 2.24) is 0 Å². The number of nitrogens with zero attached hydrogens (tertiary/aromatic N) is 2. The van der Waals surface area contributed by atoms with Crippen molar-refractivity contribution in [2.75, 3.05) is 0 Å². The molecule has 124 valence electrons. The zero-order valence-electron chi connectivity index (χ0n) is 11.7. The van der Waals surface area contributed by atoms with Gasteiger partial charge in [-0.05, 0) is 6.07 Å². The van der Waals surface area contributed by atoms with Crippen LogP contribution in [0.1, 0.15) is 26.3 Å². The van der Waals surface area contributed by atoms with Crippen LogP contribution in [-0.4, -0.2) is 26.7 Å². The maximum Gasteiger partial charge on any atom is 0.360 e. The first-order valence-electron chi connectivity index (χ1n) is 6.12. The van der Waals surface area contributed by atoms with Crippen LogP contribution in [-0.2, 0) is 0 Å². The lowest BCUT2D eigenvalue weighted by Gasteiger charge is -2.04. The Bertz CT molecular complexity index is 801. The fourth-order valence-corrected chi connectivity index (χ4v) is 2.00. The smallest absolute Gasteiger partial charge is 0.360 e. The van der Waals surface area contributed by atoms with Gasteiger partial charge in [0.25, 0.3) is 0 Å². The number of aromatic carboxylic acids is 1. The highest BCUT2D eigenvalue weighted by atomic mass is 35.5. The summed E-state index contributed by atoms with van der Waals surface area (Å²) in [7, 11) is 0. The largest absolute Gasteiger partial charge is 0.477 e. The SMILES string of the molecule is Cl.O=C(c1ccccc1)c1cc(C(=O)O)c([N+](=O)[O-])c([N+](=O)[O-])c1. The van der Waals surface area contributed by atoms with Crippen LogP contribution in [0.25, 0.3) is 0 Å². The second-order valence-electron chi connectivity index (χ2n) is 4.41. The van der Waals surface area contributed by atoms with Crippen molar-refractivity contribution < 1.29 is 24.5 Å². The Morgan fingerprint density at radius 3 is 1.96 bits per heavy atom. The molecule has 0 fully saturated rings. The van der Waals surface area contributed by atoms with Gasteiger partial charge in [-0.3, -0.25) is 25.0 Å². The van der Waals surface area contributed by atoms with Crippen molar-refractivity contribution in [2.45, 2.75) is 0 Å². The predicted octanol–water partition coefficient (Wildman–Crippen LogP) is 2.85. The van der Waals surface area contributed by atoms with Gasteiger partial charge in [-0.2, -0.15) is 0 Å². The standard InChI is InChI=1S/C14H8N2O7.ClH/c17-13(8-4-2-1-3-5-8)9-6-10(14(18)19)12(16(22)23)11(7-9)15(20)21;/h1-7H,(H,18,19);1H. The van der Waals surface area contributed by atoms with Crippen LogP contribution in [0.5, 0.6) is 0 Å². The summed E-state index contributed by atoms with van der Waals surface area (Å²) in [6.45, 7) is 0. The minimum atomic E-state index is -1.73. The van der Waals surface area contributed by atoms with Crippen LogP contribution in [0.15, 0.2) is 42.5 Å². The van der Waals surface area contributed by atoms with E-state index >= 15 is 0 Å². The Morgan fingerprint density at radius 2 is 1.50 bits per heavy atom. The number of carboxylic acids is 1. The molecule has 0 unspecified atom stereocenters. The van der Waals surface area contributed by atoms with E-state index in [0.717, 1.165) is 6.07 Å². The number of carbonyl (C=O) groups is 2. The van der Waals surface area contributed by atoms with Crippen LogP contribution in [0.4, 0.5) is 11.4 Å². The van der Waals surface area contributed by atoms with E-state index in [1.165, 1.54) is 12.1 Å². The van der Waals surface area contributed by atoms with E-state index in [9.17, 15) is 29.8 Å². The van der Waals surface area contributed by atoms with Gasteiger partial charge in [0.15, 0.2) is 5.78 Å². The normalized spacial score (nSPS) is 9.67. The molecule has 0 saturated heterocycles. The summed E-state index contributed by atoms with van der Waals surface area (Å²) < 4.78 is 0. The number of ketones is 1. The highest BCUT2D eigenvalue weighted by Gasteiger charge is 2.34. The molecule has 0 atom stereocenters. The van der Waals surface area contributed by atoms with E-state index in [1.54, 1.807) is 18.2 Å². The molecule has 0 amide bonds. The number of benzene rings is 2. The second-order valence-corrected chi connectivity index (χ2v) is 4.41. The summed E-state index contributed by atoms with van der Waals surface area (Å²) >= 11 is 0. The Kier molecular flexibility index (Phi) is 5.68. The predicted molar refractivity (Wildman–Crippen MR) is 83.8 cm³/mol. The van der Waals surface area contributed by atoms with Crippen LogP contribution in [0, 0.1) is 20.2 Å². The van der Waals surface area contributed by atoms with E-state index < -0.39 is 38.5 Å². The first-order chi connectivity index (χ1) is 10.8. The summed E-state index contributed by atoms with van der Waals surface area (Å²) in [5, 5.41) is 31.0. The Labute approximate surface area is 140 Å². The highest BCUT2D eigenvalue weighted by Crippen LogP contribution is 2.33. The lowest BCUT2D eigenvalue weighted by atomic mass is 9.99. The fraction of sp³-hybridized carbons (Fsp3) is 0. The highest BCUT2D eigenvalue weighted by molar-refractivity contribution is 6.11. The third-order valence-corrected chi connectivity index (χ3v) is 3.00. The van der Waals surface area contributed by atoms with Gasteiger partial charge in [0.05, 0.1) is 9.85 Å². The molecule has 0 spiro atoms. The van der Waals surface area contributed by atoms with Gasteiger partial charge in [-0.15, -0.1) is 12.4 Å². The molecule has 0 aliphatic heterocycles. The van der Waals surface area contributed by atoms with Crippen molar-refractivity contribution in [2.24, 2.45) is 0 Å². The number of hydrogen-bond acceptors (Lipinski definition) is 6. The number of halogens is 1. The molecule has 10 heteroatoms. The van der Waals surface area contributed by atoms with Gasteiger partial charge >= 0.3 is 17.3 Å². The van der Waals surface area contributed by atoms with Gasteiger partial charge in [0.1, 0.15) is 5.56 Å². The van der Waals surface area contributed by atoms with Gasteiger partial charge in [0.2, 0.25) is 0 Å². The summed E-state index contributed by atoms with van der Waals surface area (Å²) in [5.41, 5.74) is -3.26. The van der Waals surface area contributed by atoms with Crippen molar-refractivity contribution in [3.8, 4) is 0 Å². The van der Waals surface area contributed by atoms with Crippen molar-refractivity contribution in [3.63, 3.8) is 0 Å². The molecule has 2 aromatic rings. The zero-order chi connectivity index (χ0) is 17.1. The summed E-state index contributed by atoms with van der Waals surface area (Å²) in [4.78, 5) is 43.2. The fourth-order valence-electron chi connectivity index (χ4n) is 2.00. The first-order valence-corrected chi connectivity index (χ1v) is 6.12. The van der Waals surface area contributed by atoms with Gasteiger partial charge in [-0.25, -0.2) is 4.79 Å². The summed E-state index contributed by atoms with van der Waals surface area (Å²) in [5.74, 6) is -2.41. The Balaban J connectivity index is 0.00000288. The van der Waals surface area contributed by atoms with Crippen LogP contribution < -0.4 is 0 Å². The number of carboxylic acid groups (broad SMARTS) is 1. The third kappa shape index (κ3) is 3.52. The molecular weight excluding hydrogens is 344 g/mol. The lowest BCUT2D eigenvalue weighted by molar-refractivity contribution is -0.422. The number of nitro groups is 2.